The summed E-state index contributed by atoms with van der Waals surface area (Å²) in [5.41, 5.74) is 0. The molecule has 0 aliphatic carbocycles. The van der Waals surface area contributed by atoms with Gasteiger partial charge in [0.25, 0.3) is 5.91 Å². The van der Waals surface area contributed by atoms with Crippen molar-refractivity contribution in [2.24, 2.45) is 0 Å². The molecule has 1 aromatic heterocycles. The number of nitrogens with zero attached hydrogens (tertiary/aromatic N) is 1. The van der Waals surface area contributed by atoms with Crippen LogP contribution < -0.4 is 5.32 Å². The molecule has 2 heterocycles. The van der Waals surface area contributed by atoms with Gasteiger partial charge in [-0.05, 0) is 44.1 Å². The number of nitrogens with one attached hydrogen (secondary N) is 1. The van der Waals surface area contributed by atoms with Crippen LogP contribution in [0.5, 0.6) is 0 Å². The Morgan fingerprint density at radius 1 is 1.55 bits per heavy atom. The molecule has 1 aliphatic heterocycles. The Bertz CT molecular complexity index is 703. The monoisotopic (exact) mass is 340 g/mol. The second-order valence-corrected chi connectivity index (χ2v) is 6.95. The highest BCUT2D eigenvalue weighted by Gasteiger charge is 2.24. The zero-order chi connectivity index (χ0) is 15.7. The maximum absolute atomic E-state index is 13.3. The predicted octanol–water partition coefficient (Wildman–Crippen LogP) is 3.91. The van der Waals surface area contributed by atoms with Crippen LogP contribution in [0.4, 0.5) is 4.39 Å². The van der Waals surface area contributed by atoms with Gasteiger partial charge in [-0.25, -0.2) is 4.39 Å². The van der Waals surface area contributed by atoms with Gasteiger partial charge in [0.1, 0.15) is 10.7 Å². The van der Waals surface area contributed by atoms with Crippen LogP contribution in [0.2, 0.25) is 5.02 Å². The van der Waals surface area contributed by atoms with E-state index in [1.54, 1.807) is 6.07 Å². The quantitative estimate of drug-likeness (QED) is 0.915. The molecule has 1 amide bonds. The van der Waals surface area contributed by atoms with Gasteiger partial charge in [-0.1, -0.05) is 18.5 Å². The van der Waals surface area contributed by atoms with E-state index in [2.05, 4.69) is 17.1 Å². The molecule has 2 aromatic rings. The Hall–Kier alpha value is -1.17. The van der Waals surface area contributed by atoms with Crippen molar-refractivity contribution in [1.29, 1.82) is 0 Å². The predicted molar refractivity (Wildman–Crippen MR) is 89.4 cm³/mol. The Kier molecular flexibility index (Phi) is 4.66. The van der Waals surface area contributed by atoms with Gasteiger partial charge in [0.15, 0.2) is 0 Å². The Morgan fingerprint density at radius 3 is 3.14 bits per heavy atom. The molecule has 1 atom stereocenters. The summed E-state index contributed by atoms with van der Waals surface area (Å²) in [5.74, 6) is -0.489. The van der Waals surface area contributed by atoms with E-state index >= 15 is 0 Å². The molecular weight excluding hydrogens is 323 g/mol. The van der Waals surface area contributed by atoms with Crippen molar-refractivity contribution in [3.63, 3.8) is 0 Å². The standard InChI is InChI=1S/C16H18ClFN2OS/c1-2-20-7-3-4-11(20)9-19-16(21)15-14(17)12-6-5-10(18)8-13(12)22-15/h5-6,8,11H,2-4,7,9H2,1H3,(H,19,21)/t11-/m0/s1. The van der Waals surface area contributed by atoms with Crippen molar-refractivity contribution < 1.29 is 9.18 Å². The van der Waals surface area contributed by atoms with Gasteiger partial charge in [0.2, 0.25) is 0 Å². The third-order valence-electron chi connectivity index (χ3n) is 4.20. The maximum Gasteiger partial charge on any atom is 0.262 e. The molecule has 0 radical (unpaired) electrons. The second-order valence-electron chi connectivity index (χ2n) is 5.52. The number of hydrogen-bond acceptors (Lipinski definition) is 3. The van der Waals surface area contributed by atoms with Crippen molar-refractivity contribution in [3.8, 4) is 0 Å². The number of benzene rings is 1. The summed E-state index contributed by atoms with van der Waals surface area (Å²) in [6.07, 6.45) is 2.29. The molecule has 6 heteroatoms. The summed E-state index contributed by atoms with van der Waals surface area (Å²) in [7, 11) is 0. The lowest BCUT2D eigenvalue weighted by molar-refractivity contribution is 0.0945. The van der Waals surface area contributed by atoms with Gasteiger partial charge >= 0.3 is 0 Å². The van der Waals surface area contributed by atoms with E-state index in [1.165, 1.54) is 29.9 Å². The molecule has 1 aliphatic rings. The molecule has 3 rings (SSSR count). The van der Waals surface area contributed by atoms with Gasteiger partial charge in [0, 0.05) is 22.7 Å². The lowest BCUT2D eigenvalue weighted by Gasteiger charge is -2.22. The average molecular weight is 341 g/mol. The van der Waals surface area contributed by atoms with Gasteiger partial charge in [-0.2, -0.15) is 0 Å². The molecule has 0 saturated carbocycles. The Labute approximate surface area is 138 Å². The average Bonchev–Trinajstić information content (AvgIpc) is 3.09. The lowest BCUT2D eigenvalue weighted by atomic mass is 10.2. The minimum Gasteiger partial charge on any atom is -0.350 e. The number of amides is 1. The third-order valence-corrected chi connectivity index (χ3v) is 5.86. The summed E-state index contributed by atoms with van der Waals surface area (Å²) >= 11 is 7.51. The third kappa shape index (κ3) is 2.98. The molecule has 22 heavy (non-hydrogen) atoms. The highest BCUT2D eigenvalue weighted by Crippen LogP contribution is 2.35. The van der Waals surface area contributed by atoms with Crippen LogP contribution in [-0.2, 0) is 0 Å². The molecule has 3 nitrogen and oxygen atoms in total. The fourth-order valence-electron chi connectivity index (χ4n) is 3.02. The molecule has 1 fully saturated rings. The first-order valence-corrected chi connectivity index (χ1v) is 8.69. The van der Waals surface area contributed by atoms with Crippen molar-refractivity contribution in [2.75, 3.05) is 19.6 Å². The first-order chi connectivity index (χ1) is 10.6. The van der Waals surface area contributed by atoms with E-state index in [-0.39, 0.29) is 11.7 Å². The number of likely N-dealkylation sites (tertiary alicyclic amines) is 1. The fourth-order valence-corrected chi connectivity index (χ4v) is 4.48. The largest absolute Gasteiger partial charge is 0.350 e. The highest BCUT2D eigenvalue weighted by atomic mass is 35.5. The van der Waals surface area contributed by atoms with E-state index in [0.717, 1.165) is 24.9 Å². The molecule has 0 spiro atoms. The summed E-state index contributed by atoms with van der Waals surface area (Å²) in [6, 6.07) is 4.80. The lowest BCUT2D eigenvalue weighted by Crippen LogP contribution is -2.39. The number of carbonyl (C=O) groups is 1. The first kappa shape index (κ1) is 15.7. The number of hydrogen-bond donors (Lipinski definition) is 1. The van der Waals surface area contributed by atoms with Crippen molar-refractivity contribution in [3.05, 3.63) is 33.9 Å². The summed E-state index contributed by atoms with van der Waals surface area (Å²) in [4.78, 5) is 15.2. The second kappa shape index (κ2) is 6.52. The number of carbonyl (C=O) groups excluding carboxylic acids is 1. The SMILES string of the molecule is CCN1CCC[C@H]1CNC(=O)c1sc2cc(F)ccc2c1Cl. The van der Waals surface area contributed by atoms with Gasteiger partial charge in [-0.15, -0.1) is 11.3 Å². The minimum atomic E-state index is -0.318. The van der Waals surface area contributed by atoms with Crippen molar-refractivity contribution in [1.82, 2.24) is 10.2 Å². The highest BCUT2D eigenvalue weighted by molar-refractivity contribution is 7.21. The van der Waals surface area contributed by atoms with Crippen LogP contribution >= 0.6 is 22.9 Å². The Morgan fingerprint density at radius 2 is 2.36 bits per heavy atom. The zero-order valence-corrected chi connectivity index (χ0v) is 13.9. The van der Waals surface area contributed by atoms with E-state index in [4.69, 9.17) is 11.6 Å². The smallest absolute Gasteiger partial charge is 0.262 e. The summed E-state index contributed by atoms with van der Waals surface area (Å²) in [6.45, 7) is 4.87. The normalized spacial score (nSPS) is 19.0. The van der Waals surface area contributed by atoms with Gasteiger partial charge in [-0.3, -0.25) is 9.69 Å². The van der Waals surface area contributed by atoms with E-state index < -0.39 is 0 Å². The molecular formula is C16H18ClFN2OS. The van der Waals surface area contributed by atoms with Crippen LogP contribution in [0.15, 0.2) is 18.2 Å². The van der Waals surface area contributed by atoms with E-state index in [1.807, 2.05) is 0 Å². The molecule has 1 aromatic carbocycles. The first-order valence-electron chi connectivity index (χ1n) is 7.50. The topological polar surface area (TPSA) is 32.3 Å². The fraction of sp³-hybridized carbons (Fsp3) is 0.438. The molecule has 118 valence electrons. The van der Waals surface area contributed by atoms with Crippen LogP contribution in [-0.4, -0.2) is 36.5 Å². The molecule has 0 unspecified atom stereocenters. The van der Waals surface area contributed by atoms with Gasteiger partial charge in [0.05, 0.1) is 5.02 Å². The van der Waals surface area contributed by atoms with Crippen LogP contribution in [0, 0.1) is 5.82 Å². The molecule has 1 N–H and O–H groups in total. The van der Waals surface area contributed by atoms with Crippen LogP contribution in [0.25, 0.3) is 10.1 Å². The number of thiophene rings is 1. The number of halogens is 2. The molecule has 0 bridgehead atoms. The van der Waals surface area contributed by atoms with E-state index in [0.29, 0.717) is 27.2 Å². The molecule has 1 saturated heterocycles. The van der Waals surface area contributed by atoms with Gasteiger partial charge < -0.3 is 5.32 Å². The van der Waals surface area contributed by atoms with E-state index in [9.17, 15) is 9.18 Å². The van der Waals surface area contributed by atoms with Crippen LogP contribution in [0.3, 0.4) is 0 Å². The minimum absolute atomic E-state index is 0.172. The summed E-state index contributed by atoms with van der Waals surface area (Å²) in [5, 5.41) is 4.12. The van der Waals surface area contributed by atoms with Crippen molar-refractivity contribution >= 4 is 38.9 Å². The van der Waals surface area contributed by atoms with Crippen LogP contribution in [0.1, 0.15) is 29.4 Å². The number of fused-ring (bicyclic) bond motifs is 1. The zero-order valence-electron chi connectivity index (χ0n) is 12.4. The maximum atomic E-state index is 13.3. The number of likely N-dealkylation sites (N-methyl/N-ethyl adjacent to an activating group) is 1. The number of rotatable bonds is 4. The van der Waals surface area contributed by atoms with Crippen molar-refractivity contribution in [2.45, 2.75) is 25.8 Å². The Balaban J connectivity index is 1.73. The summed E-state index contributed by atoms with van der Waals surface area (Å²) < 4.78 is 14.0.